The molecule has 0 unspecified atom stereocenters. The second kappa shape index (κ2) is 15.2. The maximum atomic E-state index is 13.7. The fraction of sp³-hybridized carbons (Fsp3) is 0.265. The Kier molecular flexibility index (Phi) is 10.9. The number of imide groups is 1. The van der Waals surface area contributed by atoms with E-state index in [0.29, 0.717) is 25.8 Å². The number of hydrogen-bond donors (Lipinski definition) is 2. The zero-order valence-corrected chi connectivity index (χ0v) is 24.3. The van der Waals surface area contributed by atoms with Crippen LogP contribution in [0.15, 0.2) is 97.2 Å². The van der Waals surface area contributed by atoms with Crippen LogP contribution in [0, 0.1) is 18.3 Å². The molecule has 2 amide bonds. The normalized spacial score (nSPS) is 12.2. The molecule has 0 fully saturated rings. The Labute approximate surface area is 251 Å². The first-order valence-corrected chi connectivity index (χ1v) is 14.2. The topological polar surface area (TPSA) is 126 Å². The number of rotatable bonds is 13. The molecular formula is C34H35N5O4. The standard InChI is InChI=1S/C34H35N5O4/c1-24-11-9-12-25(21-24)22-30(36-28(23-35)17-10-19-39-20-18-29(38-39)34(42)43-2)32(40)37-33(41)31(26-13-5-3-6-14-26)27-15-7-4-8-16-27/h3-9,11-16,18,20-21,28,30-31,36H,10,17,19,22H2,1-2H3,(H,37,40,41)/t28-,30-/m0/s1. The molecule has 2 N–H and O–H groups in total. The van der Waals surface area contributed by atoms with Gasteiger partial charge in [0, 0.05) is 12.7 Å². The molecule has 0 aliphatic heterocycles. The number of benzene rings is 3. The fourth-order valence-corrected chi connectivity index (χ4v) is 4.95. The summed E-state index contributed by atoms with van der Waals surface area (Å²) in [7, 11) is 1.30. The molecule has 4 rings (SSSR count). The molecule has 4 aromatic rings. The first kappa shape index (κ1) is 30.9. The molecule has 0 radical (unpaired) electrons. The van der Waals surface area contributed by atoms with Gasteiger partial charge in [-0.1, -0.05) is 90.5 Å². The highest BCUT2D eigenvalue weighted by Gasteiger charge is 2.29. The Morgan fingerprint density at radius 1 is 0.930 bits per heavy atom. The largest absolute Gasteiger partial charge is 0.464 e. The molecule has 3 aromatic carbocycles. The van der Waals surface area contributed by atoms with Crippen LogP contribution in [0.1, 0.15) is 51.5 Å². The van der Waals surface area contributed by atoms with E-state index in [1.165, 1.54) is 7.11 Å². The van der Waals surface area contributed by atoms with E-state index in [0.717, 1.165) is 22.3 Å². The summed E-state index contributed by atoms with van der Waals surface area (Å²) < 4.78 is 6.31. The van der Waals surface area contributed by atoms with Gasteiger partial charge in [-0.25, -0.2) is 4.79 Å². The van der Waals surface area contributed by atoms with Crippen molar-refractivity contribution in [3.05, 3.63) is 125 Å². The number of carbonyl (C=O) groups excluding carboxylic acids is 3. The lowest BCUT2D eigenvalue weighted by molar-refractivity contribution is -0.132. The number of nitrogens with one attached hydrogen (secondary N) is 2. The Balaban J connectivity index is 1.48. The smallest absolute Gasteiger partial charge is 0.358 e. The Hall–Kier alpha value is -5.07. The number of aromatic nitrogens is 2. The Morgan fingerprint density at radius 3 is 2.21 bits per heavy atom. The highest BCUT2D eigenvalue weighted by atomic mass is 16.5. The van der Waals surface area contributed by atoms with E-state index >= 15 is 0 Å². The molecule has 43 heavy (non-hydrogen) atoms. The minimum atomic E-state index is -0.835. The van der Waals surface area contributed by atoms with Gasteiger partial charge in [-0.05, 0) is 48.9 Å². The van der Waals surface area contributed by atoms with Crippen LogP contribution in [0.25, 0.3) is 0 Å². The Morgan fingerprint density at radius 2 is 1.60 bits per heavy atom. The van der Waals surface area contributed by atoms with Gasteiger partial charge in [-0.15, -0.1) is 0 Å². The molecule has 220 valence electrons. The van der Waals surface area contributed by atoms with Gasteiger partial charge < -0.3 is 4.74 Å². The van der Waals surface area contributed by atoms with E-state index < -0.39 is 35.8 Å². The third-order valence-electron chi connectivity index (χ3n) is 7.09. The second-order valence-corrected chi connectivity index (χ2v) is 10.3. The number of methoxy groups -OCH3 is 1. The highest BCUT2D eigenvalue weighted by Crippen LogP contribution is 2.25. The van der Waals surface area contributed by atoms with Gasteiger partial charge in [0.05, 0.1) is 31.2 Å². The van der Waals surface area contributed by atoms with Crippen LogP contribution in [0.3, 0.4) is 0 Å². The number of carbonyl (C=O) groups is 3. The third-order valence-corrected chi connectivity index (χ3v) is 7.09. The van der Waals surface area contributed by atoms with Gasteiger partial charge in [0.15, 0.2) is 5.69 Å². The summed E-state index contributed by atoms with van der Waals surface area (Å²) >= 11 is 0. The van der Waals surface area contributed by atoms with Crippen molar-refractivity contribution in [2.45, 2.75) is 50.7 Å². The van der Waals surface area contributed by atoms with Crippen LogP contribution in [0.4, 0.5) is 0 Å². The zero-order chi connectivity index (χ0) is 30.6. The van der Waals surface area contributed by atoms with Crippen molar-refractivity contribution < 1.29 is 19.1 Å². The molecule has 1 aromatic heterocycles. The average molecular weight is 578 g/mol. The molecule has 0 saturated carbocycles. The molecule has 0 spiro atoms. The number of aryl methyl sites for hydroxylation is 2. The van der Waals surface area contributed by atoms with Gasteiger partial charge in [0.2, 0.25) is 11.8 Å². The number of nitrogens with zero attached hydrogens (tertiary/aromatic N) is 3. The number of ether oxygens (including phenoxy) is 1. The summed E-state index contributed by atoms with van der Waals surface area (Å²) in [6.07, 6.45) is 2.96. The van der Waals surface area contributed by atoms with E-state index in [1.54, 1.807) is 16.9 Å². The highest BCUT2D eigenvalue weighted by molar-refractivity contribution is 6.02. The minimum absolute atomic E-state index is 0.210. The van der Waals surface area contributed by atoms with Gasteiger partial charge >= 0.3 is 5.97 Å². The summed E-state index contributed by atoms with van der Waals surface area (Å²) in [6.45, 7) is 2.44. The first-order valence-electron chi connectivity index (χ1n) is 14.2. The third kappa shape index (κ3) is 8.71. The molecule has 9 nitrogen and oxygen atoms in total. The van der Waals surface area contributed by atoms with Gasteiger partial charge in [-0.2, -0.15) is 10.4 Å². The molecule has 1 heterocycles. The summed E-state index contributed by atoms with van der Waals surface area (Å²) in [6, 6.07) is 28.8. The zero-order valence-electron chi connectivity index (χ0n) is 24.3. The monoisotopic (exact) mass is 577 g/mol. The van der Waals surface area contributed by atoms with Crippen molar-refractivity contribution in [1.29, 1.82) is 5.26 Å². The fourth-order valence-electron chi connectivity index (χ4n) is 4.95. The van der Waals surface area contributed by atoms with Crippen LogP contribution in [-0.2, 0) is 27.3 Å². The van der Waals surface area contributed by atoms with Crippen LogP contribution >= 0.6 is 0 Å². The summed E-state index contributed by atoms with van der Waals surface area (Å²) in [5, 5.41) is 20.0. The van der Waals surface area contributed by atoms with Crippen molar-refractivity contribution in [3.63, 3.8) is 0 Å². The predicted octanol–water partition coefficient (Wildman–Crippen LogP) is 4.33. The molecule has 0 saturated heterocycles. The van der Waals surface area contributed by atoms with Crippen LogP contribution in [0.2, 0.25) is 0 Å². The quantitative estimate of drug-likeness (QED) is 0.227. The lowest BCUT2D eigenvalue weighted by Crippen LogP contribution is -2.51. The molecular weight excluding hydrogens is 542 g/mol. The van der Waals surface area contributed by atoms with Crippen molar-refractivity contribution >= 4 is 17.8 Å². The van der Waals surface area contributed by atoms with Gasteiger partial charge in [-0.3, -0.25) is 24.9 Å². The summed E-state index contributed by atoms with van der Waals surface area (Å²) in [5.41, 5.74) is 3.70. The second-order valence-electron chi connectivity index (χ2n) is 10.3. The van der Waals surface area contributed by atoms with E-state index in [9.17, 15) is 19.6 Å². The lowest BCUT2D eigenvalue weighted by Gasteiger charge is -2.23. The van der Waals surface area contributed by atoms with Crippen LogP contribution in [-0.4, -0.2) is 46.8 Å². The van der Waals surface area contributed by atoms with Crippen molar-refractivity contribution in [2.24, 2.45) is 0 Å². The number of hydrogen-bond acceptors (Lipinski definition) is 7. The molecule has 9 heteroatoms. The molecule has 0 bridgehead atoms. The van der Waals surface area contributed by atoms with Gasteiger partial charge in [0.25, 0.3) is 0 Å². The van der Waals surface area contributed by atoms with Crippen LogP contribution < -0.4 is 10.6 Å². The van der Waals surface area contributed by atoms with E-state index in [1.807, 2.05) is 91.9 Å². The lowest BCUT2D eigenvalue weighted by atomic mass is 9.90. The number of amides is 2. The maximum absolute atomic E-state index is 13.7. The Bertz CT molecular complexity index is 1520. The number of nitriles is 1. The molecule has 2 atom stereocenters. The van der Waals surface area contributed by atoms with Crippen LogP contribution in [0.5, 0.6) is 0 Å². The van der Waals surface area contributed by atoms with Crippen molar-refractivity contribution in [1.82, 2.24) is 20.4 Å². The molecule has 0 aliphatic carbocycles. The average Bonchev–Trinajstić information content (AvgIpc) is 3.50. The van der Waals surface area contributed by atoms with Crippen molar-refractivity contribution in [3.8, 4) is 6.07 Å². The summed E-state index contributed by atoms with van der Waals surface area (Å²) in [4.78, 5) is 39.0. The van der Waals surface area contributed by atoms with E-state index in [-0.39, 0.29) is 5.69 Å². The SMILES string of the molecule is COC(=O)c1ccn(CCC[C@@H](C#N)N[C@@H](Cc2cccc(C)c2)C(=O)NC(=O)C(c2ccccc2)c2ccccc2)n1. The predicted molar refractivity (Wildman–Crippen MR) is 162 cm³/mol. The van der Waals surface area contributed by atoms with Gasteiger partial charge in [0.1, 0.15) is 0 Å². The van der Waals surface area contributed by atoms with Crippen molar-refractivity contribution in [2.75, 3.05) is 7.11 Å². The number of esters is 1. The first-order chi connectivity index (χ1) is 20.9. The summed E-state index contributed by atoms with van der Waals surface area (Å²) in [5.74, 6) is -2.14. The molecule has 0 aliphatic rings. The van der Waals surface area contributed by atoms with E-state index in [2.05, 4.69) is 21.8 Å². The maximum Gasteiger partial charge on any atom is 0.358 e. The minimum Gasteiger partial charge on any atom is -0.464 e. The van der Waals surface area contributed by atoms with E-state index in [4.69, 9.17) is 4.74 Å².